The Morgan fingerprint density at radius 3 is 2.72 bits per heavy atom. The second-order valence-corrected chi connectivity index (χ2v) is 3.76. The van der Waals surface area contributed by atoms with E-state index in [0.717, 1.165) is 23.7 Å². The van der Waals surface area contributed by atoms with E-state index in [9.17, 15) is 4.79 Å². The van der Waals surface area contributed by atoms with Crippen LogP contribution in [-0.4, -0.2) is 32.8 Å². The van der Waals surface area contributed by atoms with Gasteiger partial charge in [-0.15, -0.1) is 0 Å². The third-order valence-electron chi connectivity index (χ3n) is 2.21. The molecule has 0 spiro atoms. The molecule has 0 aliphatic heterocycles. The van der Waals surface area contributed by atoms with Crippen LogP contribution >= 0.6 is 0 Å². The molecule has 18 heavy (non-hydrogen) atoms. The lowest BCUT2D eigenvalue weighted by Gasteiger charge is -2.14. The Bertz CT molecular complexity index is 394. The third-order valence-corrected chi connectivity index (χ3v) is 2.21. The van der Waals surface area contributed by atoms with Gasteiger partial charge < -0.3 is 20.1 Å². The van der Waals surface area contributed by atoms with Crippen LogP contribution in [0, 0.1) is 0 Å². The minimum atomic E-state index is -0.0921. The van der Waals surface area contributed by atoms with Gasteiger partial charge in [0.05, 0.1) is 12.3 Å². The van der Waals surface area contributed by atoms with Crippen LogP contribution in [0.1, 0.15) is 13.8 Å². The zero-order chi connectivity index (χ0) is 13.4. The molecule has 5 heteroatoms. The summed E-state index contributed by atoms with van der Waals surface area (Å²) < 4.78 is 10.5. The first-order chi connectivity index (χ1) is 8.67. The Hall–Kier alpha value is -1.75. The Balaban J connectivity index is 2.78. The number of carbonyl (C=O) groups is 1. The van der Waals surface area contributed by atoms with Gasteiger partial charge in [-0.3, -0.25) is 4.79 Å². The minimum Gasteiger partial charge on any atom is -0.489 e. The largest absolute Gasteiger partial charge is 0.489 e. The molecule has 5 nitrogen and oxygen atoms in total. The normalized spacial score (nSPS) is 9.94. The Kier molecular flexibility index (Phi) is 6.00. The number of nitrogens with one attached hydrogen (secondary N) is 2. The number of amides is 1. The van der Waals surface area contributed by atoms with Gasteiger partial charge >= 0.3 is 0 Å². The summed E-state index contributed by atoms with van der Waals surface area (Å²) >= 11 is 0. The number of carbonyl (C=O) groups excluding carboxylic acids is 1. The summed E-state index contributed by atoms with van der Waals surface area (Å²) in [4.78, 5) is 11.0. The minimum absolute atomic E-state index is 0.0921. The highest BCUT2D eigenvalue weighted by atomic mass is 16.5. The smallest absolute Gasteiger partial charge is 0.221 e. The third kappa shape index (κ3) is 4.63. The van der Waals surface area contributed by atoms with E-state index < -0.39 is 0 Å². The zero-order valence-electron chi connectivity index (χ0n) is 11.1. The lowest BCUT2D eigenvalue weighted by molar-refractivity contribution is -0.114. The van der Waals surface area contributed by atoms with E-state index in [4.69, 9.17) is 9.47 Å². The van der Waals surface area contributed by atoms with Crippen molar-refractivity contribution in [1.29, 1.82) is 0 Å². The standard InChI is InChI=1S/C13H20N2O3/c1-4-14-12-9-11(15-10(2)16)5-6-13(12)18-8-7-17-3/h5-6,9,14H,4,7-8H2,1-3H3,(H,15,16). The molecule has 1 rings (SSSR count). The number of hydrogen-bond donors (Lipinski definition) is 2. The molecule has 0 saturated carbocycles. The highest BCUT2D eigenvalue weighted by molar-refractivity contribution is 5.89. The average molecular weight is 252 g/mol. The van der Waals surface area contributed by atoms with Crippen LogP contribution < -0.4 is 15.4 Å². The summed E-state index contributed by atoms with van der Waals surface area (Å²) in [5.41, 5.74) is 1.61. The highest BCUT2D eigenvalue weighted by Crippen LogP contribution is 2.28. The first kappa shape index (κ1) is 14.3. The maximum Gasteiger partial charge on any atom is 0.221 e. The molecule has 0 aliphatic rings. The molecular formula is C13H20N2O3. The molecule has 0 aromatic heterocycles. The molecule has 0 saturated heterocycles. The van der Waals surface area contributed by atoms with Gasteiger partial charge in [0.15, 0.2) is 0 Å². The van der Waals surface area contributed by atoms with Gasteiger partial charge in [0.1, 0.15) is 12.4 Å². The molecule has 0 heterocycles. The quantitative estimate of drug-likeness (QED) is 0.730. The number of hydrogen-bond acceptors (Lipinski definition) is 4. The van der Waals surface area contributed by atoms with Crippen molar-refractivity contribution in [3.05, 3.63) is 18.2 Å². The van der Waals surface area contributed by atoms with Gasteiger partial charge in [-0.05, 0) is 25.1 Å². The SMILES string of the molecule is CCNc1cc(NC(C)=O)ccc1OCCOC. The van der Waals surface area contributed by atoms with Gasteiger partial charge in [-0.25, -0.2) is 0 Å². The van der Waals surface area contributed by atoms with E-state index in [-0.39, 0.29) is 5.91 Å². The molecule has 0 radical (unpaired) electrons. The monoisotopic (exact) mass is 252 g/mol. The first-order valence-corrected chi connectivity index (χ1v) is 5.94. The summed E-state index contributed by atoms with van der Waals surface area (Å²) in [6.45, 7) is 5.30. The summed E-state index contributed by atoms with van der Waals surface area (Å²) in [5, 5.41) is 5.94. The Labute approximate surface area is 107 Å². The molecule has 0 atom stereocenters. The first-order valence-electron chi connectivity index (χ1n) is 5.94. The molecule has 1 amide bonds. The number of ether oxygens (including phenoxy) is 2. The fraction of sp³-hybridized carbons (Fsp3) is 0.462. The second kappa shape index (κ2) is 7.55. The van der Waals surface area contributed by atoms with Crippen molar-refractivity contribution < 1.29 is 14.3 Å². The van der Waals surface area contributed by atoms with Crippen LogP contribution in [-0.2, 0) is 9.53 Å². The maximum atomic E-state index is 11.0. The summed E-state index contributed by atoms with van der Waals surface area (Å²) in [6.07, 6.45) is 0. The number of anilines is 2. The molecule has 2 N–H and O–H groups in total. The molecule has 1 aromatic rings. The Morgan fingerprint density at radius 1 is 1.33 bits per heavy atom. The van der Waals surface area contributed by atoms with Gasteiger partial charge in [0.25, 0.3) is 0 Å². The second-order valence-electron chi connectivity index (χ2n) is 3.76. The number of methoxy groups -OCH3 is 1. The van der Waals surface area contributed by atoms with Crippen LogP contribution in [0.4, 0.5) is 11.4 Å². The van der Waals surface area contributed by atoms with Gasteiger partial charge in [0.2, 0.25) is 5.91 Å². The fourth-order valence-corrected chi connectivity index (χ4v) is 1.50. The lowest BCUT2D eigenvalue weighted by Crippen LogP contribution is -2.09. The predicted molar refractivity (Wildman–Crippen MR) is 72.3 cm³/mol. The van der Waals surface area contributed by atoms with Crippen LogP contribution in [0.3, 0.4) is 0 Å². The highest BCUT2D eigenvalue weighted by Gasteiger charge is 2.05. The van der Waals surface area contributed by atoms with Crippen molar-refractivity contribution in [3.8, 4) is 5.75 Å². The van der Waals surface area contributed by atoms with Crippen molar-refractivity contribution in [2.45, 2.75) is 13.8 Å². The van der Waals surface area contributed by atoms with E-state index in [1.54, 1.807) is 7.11 Å². The van der Waals surface area contributed by atoms with Gasteiger partial charge in [-0.1, -0.05) is 0 Å². The molecule has 0 unspecified atom stereocenters. The van der Waals surface area contributed by atoms with Crippen molar-refractivity contribution in [1.82, 2.24) is 0 Å². The summed E-state index contributed by atoms with van der Waals surface area (Å²) in [5.74, 6) is 0.661. The van der Waals surface area contributed by atoms with Crippen LogP contribution in [0.15, 0.2) is 18.2 Å². The molecular weight excluding hydrogens is 232 g/mol. The summed E-state index contributed by atoms with van der Waals surface area (Å²) in [7, 11) is 1.63. The number of benzene rings is 1. The molecule has 0 fully saturated rings. The van der Waals surface area contributed by atoms with E-state index in [1.165, 1.54) is 6.92 Å². The van der Waals surface area contributed by atoms with Gasteiger partial charge in [-0.2, -0.15) is 0 Å². The van der Waals surface area contributed by atoms with Crippen molar-refractivity contribution >= 4 is 17.3 Å². The molecule has 0 aliphatic carbocycles. The van der Waals surface area contributed by atoms with Crippen LogP contribution in [0.2, 0.25) is 0 Å². The van der Waals surface area contributed by atoms with E-state index in [2.05, 4.69) is 10.6 Å². The number of rotatable bonds is 7. The molecule has 0 bridgehead atoms. The lowest BCUT2D eigenvalue weighted by atomic mass is 10.2. The Morgan fingerprint density at radius 2 is 2.11 bits per heavy atom. The predicted octanol–water partition coefficient (Wildman–Crippen LogP) is 2.10. The summed E-state index contributed by atoms with van der Waals surface area (Å²) in [6, 6.07) is 5.50. The average Bonchev–Trinajstić information content (AvgIpc) is 2.32. The molecule has 100 valence electrons. The van der Waals surface area contributed by atoms with Crippen LogP contribution in [0.5, 0.6) is 5.75 Å². The zero-order valence-corrected chi connectivity index (χ0v) is 11.1. The molecule has 1 aromatic carbocycles. The van der Waals surface area contributed by atoms with Crippen molar-refractivity contribution in [3.63, 3.8) is 0 Å². The van der Waals surface area contributed by atoms with E-state index in [1.807, 2.05) is 25.1 Å². The van der Waals surface area contributed by atoms with E-state index in [0.29, 0.717) is 13.2 Å². The van der Waals surface area contributed by atoms with Gasteiger partial charge in [0, 0.05) is 26.3 Å². The maximum absolute atomic E-state index is 11.0. The van der Waals surface area contributed by atoms with Crippen molar-refractivity contribution in [2.24, 2.45) is 0 Å². The topological polar surface area (TPSA) is 59.6 Å². The fourth-order valence-electron chi connectivity index (χ4n) is 1.50. The van der Waals surface area contributed by atoms with Crippen molar-refractivity contribution in [2.75, 3.05) is 37.5 Å². The van der Waals surface area contributed by atoms with E-state index >= 15 is 0 Å². The van der Waals surface area contributed by atoms with Crippen LogP contribution in [0.25, 0.3) is 0 Å².